The number of unbranched alkanes of at least 4 members (excludes halogenated alkanes) is 3. The summed E-state index contributed by atoms with van der Waals surface area (Å²) in [5, 5.41) is 1.49. The van der Waals surface area contributed by atoms with Gasteiger partial charge in [0.15, 0.2) is 5.22 Å². The summed E-state index contributed by atoms with van der Waals surface area (Å²) in [6.07, 6.45) is 8.85. The maximum Gasteiger partial charge on any atom is 0.194 e. The zero-order chi connectivity index (χ0) is 16.9. The summed E-state index contributed by atoms with van der Waals surface area (Å²) in [5.41, 5.74) is 0.840. The average Bonchev–Trinajstić information content (AvgIpc) is 2.95. The zero-order valence-electron chi connectivity index (χ0n) is 15.0. The first-order valence-corrected chi connectivity index (χ1v) is 15.6. The molecule has 1 heterocycles. The summed E-state index contributed by atoms with van der Waals surface area (Å²) in [4.78, 5) is 0. The fraction of sp³-hybridized carbons (Fsp3) is 0.600. The third-order valence-corrected chi connectivity index (χ3v) is 13.3. The Balaban J connectivity index is 0.000000235. The monoisotopic (exact) mass is 443 g/mol. The standard InChI is InChI=1S/C8H5ClO.3C4H9.Sn/c9-8-5-6-3-1-2-4-7(6)10-8;3*1-3-4-2;/h1-5H;3*1,3-4H2,2H3;. The molecule has 1 radical (unpaired) electrons. The molecule has 1 nitrogen and oxygen atoms in total. The van der Waals surface area contributed by atoms with Crippen LogP contribution in [0.25, 0.3) is 11.0 Å². The molecule has 0 saturated carbocycles. The fourth-order valence-electron chi connectivity index (χ4n) is 2.60. The van der Waals surface area contributed by atoms with Crippen molar-refractivity contribution in [2.75, 3.05) is 0 Å². The van der Waals surface area contributed by atoms with Gasteiger partial charge >= 0.3 is 92.4 Å². The first-order valence-electron chi connectivity index (χ1n) is 9.18. The molecule has 0 aliphatic carbocycles. The minimum Gasteiger partial charge on any atom is -0.445 e. The maximum absolute atomic E-state index is 5.62. The van der Waals surface area contributed by atoms with Crippen LogP contribution in [-0.2, 0) is 0 Å². The van der Waals surface area contributed by atoms with Crippen LogP contribution in [0.3, 0.4) is 0 Å². The molecule has 0 atom stereocenters. The van der Waals surface area contributed by atoms with E-state index in [1.165, 1.54) is 38.5 Å². The third kappa shape index (κ3) is 9.05. The molecule has 23 heavy (non-hydrogen) atoms. The topological polar surface area (TPSA) is 13.1 Å². The Hall–Kier alpha value is -0.151. The van der Waals surface area contributed by atoms with Gasteiger partial charge in [-0.2, -0.15) is 0 Å². The van der Waals surface area contributed by atoms with Gasteiger partial charge in [0.25, 0.3) is 0 Å². The number of furan rings is 1. The van der Waals surface area contributed by atoms with Crippen LogP contribution in [0.1, 0.15) is 59.3 Å². The van der Waals surface area contributed by atoms with Crippen molar-refractivity contribution < 1.29 is 4.42 Å². The second-order valence-electron chi connectivity index (χ2n) is 6.15. The van der Waals surface area contributed by atoms with Gasteiger partial charge in [0.2, 0.25) is 0 Å². The molecule has 1 aromatic carbocycles. The minimum atomic E-state index is -0.839. The first kappa shape index (κ1) is 20.9. The van der Waals surface area contributed by atoms with Crippen molar-refractivity contribution in [3.8, 4) is 0 Å². The number of rotatable bonds is 9. The summed E-state index contributed by atoms with van der Waals surface area (Å²) >= 11 is 4.78. The molecule has 129 valence electrons. The Bertz CT molecular complexity index is 471. The van der Waals surface area contributed by atoms with Crippen molar-refractivity contribution in [2.45, 2.75) is 72.6 Å². The van der Waals surface area contributed by atoms with E-state index < -0.39 is 19.8 Å². The first-order chi connectivity index (χ1) is 11.2. The molecule has 1 aromatic heterocycles. The van der Waals surface area contributed by atoms with Crippen LogP contribution in [-0.4, -0.2) is 19.8 Å². The molecule has 2 aromatic rings. The van der Waals surface area contributed by atoms with E-state index in [1.54, 1.807) is 19.4 Å². The van der Waals surface area contributed by atoms with Gasteiger partial charge in [-0.1, -0.05) is 18.2 Å². The van der Waals surface area contributed by atoms with Crippen molar-refractivity contribution in [1.29, 1.82) is 0 Å². The fourth-order valence-corrected chi connectivity index (χ4v) is 12.3. The molecule has 0 bridgehead atoms. The van der Waals surface area contributed by atoms with Crippen molar-refractivity contribution in [3.05, 3.63) is 35.6 Å². The van der Waals surface area contributed by atoms with Gasteiger partial charge in [0.1, 0.15) is 5.58 Å². The SMILES string of the molecule is CCC[CH2][Sn]([CH2]CCC)[CH2]CCC.Clc1cc2ccccc2o1. The largest absolute Gasteiger partial charge is 0.445 e. The van der Waals surface area contributed by atoms with E-state index >= 15 is 0 Å². The molecule has 0 spiro atoms. The van der Waals surface area contributed by atoms with Crippen LogP contribution in [0.15, 0.2) is 34.7 Å². The van der Waals surface area contributed by atoms with E-state index in [4.69, 9.17) is 16.0 Å². The quantitative estimate of drug-likeness (QED) is 0.359. The predicted octanol–water partition coefficient (Wildman–Crippen LogP) is 7.97. The molecule has 3 heteroatoms. The summed E-state index contributed by atoms with van der Waals surface area (Å²) in [5.74, 6) is 0. The molecule has 0 N–H and O–H groups in total. The number of para-hydroxylation sites is 1. The van der Waals surface area contributed by atoms with E-state index in [-0.39, 0.29) is 0 Å². The van der Waals surface area contributed by atoms with Gasteiger partial charge in [-0.3, -0.25) is 0 Å². The van der Waals surface area contributed by atoms with Gasteiger partial charge in [-0.15, -0.1) is 0 Å². The van der Waals surface area contributed by atoms with Crippen molar-refractivity contribution in [2.24, 2.45) is 0 Å². The second-order valence-corrected chi connectivity index (χ2v) is 15.1. The van der Waals surface area contributed by atoms with E-state index in [2.05, 4.69) is 20.8 Å². The van der Waals surface area contributed by atoms with Crippen LogP contribution in [0, 0.1) is 0 Å². The number of hydrogen-bond acceptors (Lipinski definition) is 1. The van der Waals surface area contributed by atoms with Crippen LogP contribution in [0.5, 0.6) is 0 Å². The average molecular weight is 443 g/mol. The second kappa shape index (κ2) is 13.2. The normalized spacial score (nSPS) is 10.8. The Morgan fingerprint density at radius 3 is 1.87 bits per heavy atom. The van der Waals surface area contributed by atoms with Crippen LogP contribution in [0.4, 0.5) is 0 Å². The molecule has 0 aliphatic rings. The third-order valence-electron chi connectivity index (χ3n) is 4.05. The molecule has 0 amide bonds. The number of hydrogen-bond donors (Lipinski definition) is 0. The van der Waals surface area contributed by atoms with E-state index in [0.29, 0.717) is 5.22 Å². The molecular weight excluding hydrogens is 410 g/mol. The molecule has 2 rings (SSSR count). The van der Waals surface area contributed by atoms with Crippen LogP contribution >= 0.6 is 11.6 Å². The Kier molecular flexibility index (Phi) is 12.0. The number of benzene rings is 1. The predicted molar refractivity (Wildman–Crippen MR) is 106 cm³/mol. The van der Waals surface area contributed by atoms with Crippen LogP contribution < -0.4 is 0 Å². The molecule has 0 aliphatic heterocycles. The van der Waals surface area contributed by atoms with Crippen molar-refractivity contribution in [3.63, 3.8) is 0 Å². The van der Waals surface area contributed by atoms with Gasteiger partial charge in [-0.25, -0.2) is 0 Å². The summed E-state index contributed by atoms with van der Waals surface area (Å²) in [7, 11) is 0. The smallest absolute Gasteiger partial charge is 0.194 e. The molecular formula is C20H32ClOSn. The number of halogens is 1. The van der Waals surface area contributed by atoms with Gasteiger partial charge in [-0.05, 0) is 17.7 Å². The van der Waals surface area contributed by atoms with Crippen molar-refractivity contribution in [1.82, 2.24) is 0 Å². The molecule has 0 saturated heterocycles. The molecule has 0 fully saturated rings. The Labute approximate surface area is 154 Å². The van der Waals surface area contributed by atoms with Gasteiger partial charge in [0, 0.05) is 11.5 Å². The maximum atomic E-state index is 5.62. The van der Waals surface area contributed by atoms with Gasteiger partial charge < -0.3 is 4.42 Å². The minimum absolute atomic E-state index is 0.446. The Morgan fingerprint density at radius 1 is 0.870 bits per heavy atom. The van der Waals surface area contributed by atoms with Crippen molar-refractivity contribution >= 4 is 42.3 Å². The van der Waals surface area contributed by atoms with E-state index in [9.17, 15) is 0 Å². The zero-order valence-corrected chi connectivity index (χ0v) is 18.6. The summed E-state index contributed by atoms with van der Waals surface area (Å²) in [6.45, 7) is 7.00. The number of fused-ring (bicyclic) bond motifs is 1. The summed E-state index contributed by atoms with van der Waals surface area (Å²) < 4.78 is 10.2. The Morgan fingerprint density at radius 2 is 1.39 bits per heavy atom. The van der Waals surface area contributed by atoms with Gasteiger partial charge in [0.05, 0.1) is 0 Å². The summed E-state index contributed by atoms with van der Waals surface area (Å²) in [6, 6.07) is 9.53. The van der Waals surface area contributed by atoms with E-state index in [0.717, 1.165) is 11.0 Å². The molecule has 0 unspecified atom stereocenters. The van der Waals surface area contributed by atoms with E-state index in [1.807, 2.05) is 24.3 Å². The van der Waals surface area contributed by atoms with Crippen LogP contribution in [0.2, 0.25) is 18.5 Å².